The monoisotopic (exact) mass is 420 g/mol. The normalized spacial score (nSPS) is 17.2. The molecule has 0 saturated carbocycles. The van der Waals surface area contributed by atoms with E-state index in [1.165, 1.54) is 4.90 Å². The van der Waals surface area contributed by atoms with Crippen molar-refractivity contribution in [2.45, 2.75) is 33.8 Å². The number of rotatable bonds is 5. The second-order valence-corrected chi connectivity index (χ2v) is 8.25. The fourth-order valence-electron chi connectivity index (χ4n) is 4.11. The second kappa shape index (κ2) is 8.55. The zero-order valence-corrected chi connectivity index (χ0v) is 18.5. The third-order valence-corrected chi connectivity index (χ3v) is 5.49. The van der Waals surface area contributed by atoms with E-state index in [0.717, 1.165) is 16.9 Å². The highest BCUT2D eigenvalue weighted by Crippen LogP contribution is 2.37. The van der Waals surface area contributed by atoms with Crippen LogP contribution in [0, 0.1) is 13.8 Å². The van der Waals surface area contributed by atoms with Crippen LogP contribution in [-0.2, 0) is 14.3 Å². The molecule has 2 heterocycles. The van der Waals surface area contributed by atoms with Gasteiger partial charge in [0.25, 0.3) is 11.8 Å². The highest BCUT2D eigenvalue weighted by atomic mass is 16.5. The van der Waals surface area contributed by atoms with Crippen LogP contribution in [0.25, 0.3) is 5.57 Å². The molecule has 162 valence electrons. The molecule has 1 saturated heterocycles. The van der Waals surface area contributed by atoms with Gasteiger partial charge >= 0.3 is 0 Å². The Hall–Kier alpha value is -3.12. The summed E-state index contributed by atoms with van der Waals surface area (Å²) in [4.78, 5) is 30.5. The maximum absolute atomic E-state index is 13.6. The number of imide groups is 1. The Bertz CT molecular complexity index is 1030. The van der Waals surface area contributed by atoms with Crippen LogP contribution in [0.3, 0.4) is 0 Å². The van der Waals surface area contributed by atoms with Crippen LogP contribution in [0.1, 0.15) is 30.5 Å². The van der Waals surface area contributed by atoms with Crippen molar-refractivity contribution in [2.75, 3.05) is 31.2 Å². The lowest BCUT2D eigenvalue weighted by Crippen LogP contribution is -2.40. The van der Waals surface area contributed by atoms with Gasteiger partial charge < -0.3 is 14.4 Å². The Morgan fingerprint density at radius 3 is 2.23 bits per heavy atom. The summed E-state index contributed by atoms with van der Waals surface area (Å²) < 4.78 is 11.2. The molecule has 0 unspecified atom stereocenters. The minimum Gasteiger partial charge on any atom is -0.491 e. The summed E-state index contributed by atoms with van der Waals surface area (Å²) in [6, 6.07) is 13.1. The van der Waals surface area contributed by atoms with Crippen molar-refractivity contribution >= 4 is 23.1 Å². The molecule has 0 N–H and O–H groups in total. The standard InChI is InChI=1S/C25H28N2O4/c1-16(2)31-20-8-6-19(7-9-20)22-23(26-11-13-30-14-12-26)25(29)27(24(22)28)21-10-5-17(3)15-18(21)4/h5-10,15-16H,11-14H2,1-4H3. The number of carbonyl (C=O) groups is 2. The summed E-state index contributed by atoms with van der Waals surface area (Å²) >= 11 is 0. The molecule has 2 aliphatic heterocycles. The number of nitrogens with zero attached hydrogens (tertiary/aromatic N) is 2. The fourth-order valence-corrected chi connectivity index (χ4v) is 4.11. The first-order valence-corrected chi connectivity index (χ1v) is 10.7. The number of benzene rings is 2. The maximum Gasteiger partial charge on any atom is 0.282 e. The van der Waals surface area contributed by atoms with Gasteiger partial charge in [0.2, 0.25) is 0 Å². The molecule has 2 aromatic rings. The zero-order chi connectivity index (χ0) is 22.1. The minimum absolute atomic E-state index is 0.0590. The number of morpholine rings is 1. The molecule has 2 aromatic carbocycles. The maximum atomic E-state index is 13.6. The molecule has 0 aliphatic carbocycles. The van der Waals surface area contributed by atoms with Crippen LogP contribution in [0.15, 0.2) is 48.2 Å². The molecule has 0 radical (unpaired) electrons. The van der Waals surface area contributed by atoms with Crippen LogP contribution >= 0.6 is 0 Å². The van der Waals surface area contributed by atoms with E-state index in [1.807, 2.05) is 75.1 Å². The first kappa shape index (κ1) is 21.1. The molecule has 31 heavy (non-hydrogen) atoms. The molecule has 1 fully saturated rings. The summed E-state index contributed by atoms with van der Waals surface area (Å²) in [5.74, 6) is 0.155. The predicted molar refractivity (Wildman–Crippen MR) is 120 cm³/mol. The van der Waals surface area contributed by atoms with Gasteiger partial charge in [-0.1, -0.05) is 29.8 Å². The molecule has 0 atom stereocenters. The molecular weight excluding hydrogens is 392 g/mol. The Morgan fingerprint density at radius 1 is 0.935 bits per heavy atom. The van der Waals surface area contributed by atoms with Gasteiger partial charge in [0, 0.05) is 13.1 Å². The van der Waals surface area contributed by atoms with Crippen molar-refractivity contribution in [3.63, 3.8) is 0 Å². The summed E-state index contributed by atoms with van der Waals surface area (Å²) in [5, 5.41) is 0. The fraction of sp³-hybridized carbons (Fsp3) is 0.360. The number of carbonyl (C=O) groups excluding carboxylic acids is 2. The van der Waals surface area contributed by atoms with Crippen molar-refractivity contribution in [3.8, 4) is 5.75 Å². The highest BCUT2D eigenvalue weighted by molar-refractivity contribution is 6.45. The van der Waals surface area contributed by atoms with Gasteiger partial charge in [-0.05, 0) is 57.0 Å². The summed E-state index contributed by atoms with van der Waals surface area (Å²) in [7, 11) is 0. The lowest BCUT2D eigenvalue weighted by atomic mass is 10.0. The minimum atomic E-state index is -0.295. The zero-order valence-electron chi connectivity index (χ0n) is 18.5. The van der Waals surface area contributed by atoms with Crippen LogP contribution in [-0.4, -0.2) is 49.1 Å². The van der Waals surface area contributed by atoms with Gasteiger partial charge in [-0.3, -0.25) is 9.59 Å². The van der Waals surface area contributed by atoms with Crippen LogP contribution in [0.5, 0.6) is 5.75 Å². The topological polar surface area (TPSA) is 59.1 Å². The van der Waals surface area contributed by atoms with Crippen LogP contribution in [0.4, 0.5) is 5.69 Å². The van der Waals surface area contributed by atoms with Crippen LogP contribution < -0.4 is 9.64 Å². The quantitative estimate of drug-likeness (QED) is 0.691. The summed E-state index contributed by atoms with van der Waals surface area (Å²) in [5.41, 5.74) is 4.20. The Morgan fingerprint density at radius 2 is 1.61 bits per heavy atom. The van der Waals surface area contributed by atoms with Crippen molar-refractivity contribution in [1.29, 1.82) is 0 Å². The second-order valence-electron chi connectivity index (χ2n) is 8.25. The largest absolute Gasteiger partial charge is 0.491 e. The molecule has 0 spiro atoms. The number of hydrogen-bond donors (Lipinski definition) is 0. The van der Waals surface area contributed by atoms with Crippen molar-refractivity contribution in [2.24, 2.45) is 0 Å². The summed E-state index contributed by atoms with van der Waals surface area (Å²) in [6.45, 7) is 10.1. The van der Waals surface area contributed by atoms with Crippen LogP contribution in [0.2, 0.25) is 0 Å². The first-order chi connectivity index (χ1) is 14.9. The SMILES string of the molecule is Cc1ccc(N2C(=O)C(c3ccc(OC(C)C)cc3)=C(N3CCOCC3)C2=O)c(C)c1. The Balaban J connectivity index is 1.78. The highest BCUT2D eigenvalue weighted by Gasteiger charge is 2.43. The summed E-state index contributed by atoms with van der Waals surface area (Å²) in [6.07, 6.45) is 0.0590. The number of aryl methyl sites for hydroxylation is 2. The van der Waals surface area contributed by atoms with Gasteiger partial charge in [0.05, 0.1) is 30.6 Å². The molecule has 2 amide bonds. The molecule has 4 rings (SSSR count). The number of hydrogen-bond acceptors (Lipinski definition) is 5. The average Bonchev–Trinajstić information content (AvgIpc) is 2.99. The third-order valence-electron chi connectivity index (χ3n) is 5.49. The van der Waals surface area contributed by atoms with Gasteiger partial charge in [0.15, 0.2) is 0 Å². The molecular formula is C25H28N2O4. The van der Waals surface area contributed by atoms with Gasteiger partial charge in [-0.2, -0.15) is 0 Å². The average molecular weight is 421 g/mol. The van der Waals surface area contributed by atoms with Gasteiger partial charge in [-0.15, -0.1) is 0 Å². The van der Waals surface area contributed by atoms with Crippen molar-refractivity contribution in [1.82, 2.24) is 4.90 Å². The van der Waals surface area contributed by atoms with E-state index in [-0.39, 0.29) is 17.9 Å². The van der Waals surface area contributed by atoms with E-state index in [4.69, 9.17) is 9.47 Å². The van der Waals surface area contributed by atoms with Gasteiger partial charge in [-0.25, -0.2) is 4.90 Å². The van der Waals surface area contributed by atoms with E-state index in [9.17, 15) is 9.59 Å². The first-order valence-electron chi connectivity index (χ1n) is 10.7. The Kier molecular flexibility index (Phi) is 5.83. The molecule has 2 aliphatic rings. The van der Waals surface area contributed by atoms with Crippen molar-refractivity contribution < 1.29 is 19.1 Å². The predicted octanol–water partition coefficient (Wildman–Crippen LogP) is 3.71. The van der Waals surface area contributed by atoms with E-state index >= 15 is 0 Å². The molecule has 6 nitrogen and oxygen atoms in total. The van der Waals surface area contributed by atoms with Gasteiger partial charge in [0.1, 0.15) is 11.4 Å². The Labute approximate surface area is 183 Å². The lowest BCUT2D eigenvalue weighted by Gasteiger charge is -2.29. The molecule has 0 bridgehead atoms. The van der Waals surface area contributed by atoms with E-state index in [1.54, 1.807) is 0 Å². The molecule has 6 heteroatoms. The third kappa shape index (κ3) is 4.08. The van der Waals surface area contributed by atoms with E-state index in [0.29, 0.717) is 48.8 Å². The number of anilines is 1. The van der Waals surface area contributed by atoms with E-state index < -0.39 is 0 Å². The number of amides is 2. The van der Waals surface area contributed by atoms with Crippen molar-refractivity contribution in [3.05, 3.63) is 64.9 Å². The van der Waals surface area contributed by atoms with E-state index in [2.05, 4.69) is 0 Å². The number of ether oxygens (including phenoxy) is 2. The lowest BCUT2D eigenvalue weighted by molar-refractivity contribution is -0.121. The molecule has 0 aromatic heterocycles. The smallest absolute Gasteiger partial charge is 0.282 e.